The zero-order valence-corrected chi connectivity index (χ0v) is 26.0. The van der Waals surface area contributed by atoms with Crippen molar-refractivity contribution in [1.82, 2.24) is 19.8 Å². The number of hydrazone groups is 1. The van der Waals surface area contributed by atoms with E-state index in [1.807, 2.05) is 103 Å². The van der Waals surface area contributed by atoms with Crippen molar-refractivity contribution >= 4 is 22.6 Å². The quantitative estimate of drug-likeness (QED) is 0.159. The summed E-state index contributed by atoms with van der Waals surface area (Å²) in [5.74, 6) is 0.694. The molecule has 2 aromatic heterocycles. The van der Waals surface area contributed by atoms with Crippen LogP contribution >= 0.6 is 0 Å². The number of hydrogen-bond acceptors (Lipinski definition) is 8. The number of benzene rings is 3. The third-order valence-electron chi connectivity index (χ3n) is 8.06. The largest absolute Gasteiger partial charge is 0.473 e. The van der Waals surface area contributed by atoms with Gasteiger partial charge in [-0.25, -0.2) is 0 Å². The fourth-order valence-electron chi connectivity index (χ4n) is 5.83. The van der Waals surface area contributed by atoms with Crippen LogP contribution in [0.15, 0.2) is 96.1 Å². The summed E-state index contributed by atoms with van der Waals surface area (Å²) in [5.41, 5.74) is 6.70. The van der Waals surface area contributed by atoms with Gasteiger partial charge in [-0.3, -0.25) is 14.5 Å². The molecule has 5 aromatic rings. The van der Waals surface area contributed by atoms with Crippen molar-refractivity contribution in [2.45, 2.75) is 45.9 Å². The van der Waals surface area contributed by atoms with Gasteiger partial charge < -0.3 is 14.2 Å². The van der Waals surface area contributed by atoms with Crippen molar-refractivity contribution < 1.29 is 19.0 Å². The summed E-state index contributed by atoms with van der Waals surface area (Å²) in [7, 11) is 1.94. The second-order valence-corrected chi connectivity index (χ2v) is 11.2. The number of pyridine rings is 1. The normalized spacial score (nSPS) is 16.1. The summed E-state index contributed by atoms with van der Waals surface area (Å²) >= 11 is 0. The number of nitrogens with zero attached hydrogens (tertiary/aromatic N) is 5. The van der Waals surface area contributed by atoms with Gasteiger partial charge in [0.05, 0.1) is 23.7 Å². The van der Waals surface area contributed by atoms with Gasteiger partial charge in [0.2, 0.25) is 11.8 Å². The van der Waals surface area contributed by atoms with Crippen molar-refractivity contribution in [3.05, 3.63) is 108 Å². The molecule has 9 heteroatoms. The molecule has 2 unspecified atom stereocenters. The van der Waals surface area contributed by atoms with Crippen LogP contribution in [0.2, 0.25) is 0 Å². The van der Waals surface area contributed by atoms with E-state index >= 15 is 0 Å². The third kappa shape index (κ3) is 6.52. The molecule has 0 bridgehead atoms. The minimum absolute atomic E-state index is 0.00479. The van der Waals surface area contributed by atoms with Crippen molar-refractivity contribution in [2.75, 3.05) is 13.2 Å². The Kier molecular flexibility index (Phi) is 8.77. The van der Waals surface area contributed by atoms with E-state index in [0.29, 0.717) is 31.6 Å². The van der Waals surface area contributed by atoms with Crippen LogP contribution in [0.5, 0.6) is 11.8 Å². The van der Waals surface area contributed by atoms with Crippen LogP contribution in [0.1, 0.15) is 43.4 Å². The number of carbonyl (C=O) groups excluding carboxylic acids is 1. The molecular weight excluding hydrogens is 566 g/mol. The molecule has 9 nitrogen and oxygen atoms in total. The highest BCUT2D eigenvalue weighted by atomic mass is 16.5. The minimum atomic E-state index is -0.274. The van der Waals surface area contributed by atoms with Crippen LogP contribution in [0.3, 0.4) is 0 Å². The molecule has 0 saturated heterocycles. The van der Waals surface area contributed by atoms with Crippen LogP contribution in [0.4, 0.5) is 0 Å². The standard InChI is InChI=1S/C36H37N5O4/c1-5-43-33(42)21-41-25(3)34(24(2)38-41)28-16-17-29-31(20-28)40(4)39-35(29)30-18-19-32(44-22-26-12-8-6-9-13-26)37-36(30)45-23-27-14-10-7-11-15-27/h6-20,25,34H,5,21-23H2,1-4H3. The molecule has 3 heterocycles. The Balaban J connectivity index is 1.31. The van der Waals surface area contributed by atoms with E-state index in [2.05, 4.69) is 25.1 Å². The molecule has 0 aliphatic carbocycles. The highest BCUT2D eigenvalue weighted by Crippen LogP contribution is 2.38. The Hall–Kier alpha value is -5.18. The molecule has 0 fully saturated rings. The lowest BCUT2D eigenvalue weighted by Crippen LogP contribution is -2.33. The molecule has 6 rings (SSSR count). The van der Waals surface area contributed by atoms with E-state index < -0.39 is 0 Å². The number of ether oxygens (including phenoxy) is 3. The Bertz CT molecular complexity index is 1820. The van der Waals surface area contributed by atoms with Crippen molar-refractivity contribution in [3.63, 3.8) is 0 Å². The zero-order chi connectivity index (χ0) is 31.3. The molecule has 0 saturated carbocycles. The fraction of sp³-hybridized carbons (Fsp3) is 0.278. The van der Waals surface area contributed by atoms with E-state index in [0.717, 1.165) is 44.6 Å². The Labute approximate surface area is 263 Å². The number of fused-ring (bicyclic) bond motifs is 1. The van der Waals surface area contributed by atoms with Crippen LogP contribution in [-0.2, 0) is 29.8 Å². The van der Waals surface area contributed by atoms with Gasteiger partial charge in [0.25, 0.3) is 0 Å². The summed E-state index contributed by atoms with van der Waals surface area (Å²) in [6.45, 7) is 7.15. The maximum atomic E-state index is 12.2. The van der Waals surface area contributed by atoms with Gasteiger partial charge in [0.1, 0.15) is 25.5 Å². The number of aryl methyl sites for hydroxylation is 1. The average Bonchev–Trinajstić information content (AvgIpc) is 3.53. The van der Waals surface area contributed by atoms with Crippen LogP contribution in [0.25, 0.3) is 22.2 Å². The Morgan fingerprint density at radius 1 is 0.889 bits per heavy atom. The first-order chi connectivity index (χ1) is 21.9. The first kappa shape index (κ1) is 29.9. The van der Waals surface area contributed by atoms with Crippen LogP contribution in [0, 0.1) is 0 Å². The summed E-state index contributed by atoms with van der Waals surface area (Å²) in [6.07, 6.45) is 0. The van der Waals surface area contributed by atoms with Crippen molar-refractivity contribution in [2.24, 2.45) is 12.1 Å². The predicted molar refractivity (Wildman–Crippen MR) is 174 cm³/mol. The summed E-state index contributed by atoms with van der Waals surface area (Å²) in [4.78, 5) is 16.9. The topological polar surface area (TPSA) is 91.1 Å². The Morgan fingerprint density at radius 3 is 2.27 bits per heavy atom. The molecule has 0 amide bonds. The maximum Gasteiger partial charge on any atom is 0.327 e. The zero-order valence-electron chi connectivity index (χ0n) is 26.0. The van der Waals surface area contributed by atoms with Gasteiger partial charge in [-0.1, -0.05) is 72.8 Å². The predicted octanol–water partition coefficient (Wildman–Crippen LogP) is 6.52. The SMILES string of the molecule is CCOC(=O)CN1N=C(C)C(c2ccc3c(-c4ccc(OCc5ccccc5)nc4OCc4ccccc4)nn(C)c3c2)C1C. The summed E-state index contributed by atoms with van der Waals surface area (Å²) in [5, 5.41) is 12.4. The van der Waals surface area contributed by atoms with Crippen molar-refractivity contribution in [1.29, 1.82) is 0 Å². The van der Waals surface area contributed by atoms with Crippen LogP contribution in [-0.4, -0.2) is 50.6 Å². The van der Waals surface area contributed by atoms with Gasteiger partial charge in [-0.2, -0.15) is 15.2 Å². The van der Waals surface area contributed by atoms with Crippen molar-refractivity contribution in [3.8, 4) is 23.0 Å². The van der Waals surface area contributed by atoms with Gasteiger partial charge >= 0.3 is 5.97 Å². The number of rotatable bonds is 11. The number of aromatic nitrogens is 3. The van der Waals surface area contributed by atoms with Gasteiger partial charge in [-0.05, 0) is 49.6 Å². The number of hydrogen-bond donors (Lipinski definition) is 0. The Morgan fingerprint density at radius 2 is 1.58 bits per heavy atom. The maximum absolute atomic E-state index is 12.2. The van der Waals surface area contributed by atoms with Gasteiger partial charge in [0.15, 0.2) is 0 Å². The van der Waals surface area contributed by atoms with E-state index in [9.17, 15) is 4.79 Å². The lowest BCUT2D eigenvalue weighted by molar-refractivity contribution is -0.144. The monoisotopic (exact) mass is 603 g/mol. The van der Waals surface area contributed by atoms with Gasteiger partial charge in [-0.15, -0.1) is 0 Å². The highest BCUT2D eigenvalue weighted by Gasteiger charge is 2.34. The molecule has 2 atom stereocenters. The summed E-state index contributed by atoms with van der Waals surface area (Å²) in [6, 6.07) is 30.2. The molecule has 45 heavy (non-hydrogen) atoms. The van der Waals surface area contributed by atoms with E-state index in [1.165, 1.54) is 0 Å². The number of carbonyl (C=O) groups is 1. The lowest BCUT2D eigenvalue weighted by Gasteiger charge is -2.24. The molecule has 230 valence electrons. The average molecular weight is 604 g/mol. The smallest absolute Gasteiger partial charge is 0.327 e. The van der Waals surface area contributed by atoms with E-state index in [-0.39, 0.29) is 24.5 Å². The first-order valence-corrected chi connectivity index (χ1v) is 15.2. The highest BCUT2D eigenvalue weighted by molar-refractivity contribution is 5.97. The molecule has 0 spiro atoms. The third-order valence-corrected chi connectivity index (χ3v) is 8.06. The molecular formula is C36H37N5O4. The van der Waals surface area contributed by atoms with Crippen LogP contribution < -0.4 is 9.47 Å². The van der Waals surface area contributed by atoms with E-state index in [4.69, 9.17) is 29.4 Å². The van der Waals surface area contributed by atoms with E-state index in [1.54, 1.807) is 0 Å². The molecule has 1 aliphatic rings. The molecule has 1 aliphatic heterocycles. The minimum Gasteiger partial charge on any atom is -0.473 e. The lowest BCUT2D eigenvalue weighted by atomic mass is 9.89. The number of esters is 1. The fourth-order valence-corrected chi connectivity index (χ4v) is 5.83. The summed E-state index contributed by atoms with van der Waals surface area (Å²) < 4.78 is 19.4. The van der Waals surface area contributed by atoms with Gasteiger partial charge in [0, 0.05) is 30.1 Å². The molecule has 0 radical (unpaired) electrons. The second kappa shape index (κ2) is 13.2. The molecule has 0 N–H and O–H groups in total. The second-order valence-electron chi connectivity index (χ2n) is 11.2. The first-order valence-electron chi connectivity index (χ1n) is 15.2. The molecule has 3 aromatic carbocycles.